The number of hydrogen-bond acceptors (Lipinski definition) is 6. The molecule has 2 aliphatic rings. The Morgan fingerprint density at radius 1 is 1.30 bits per heavy atom. The normalized spacial score (nSPS) is 21.9. The number of hydrogen-bond donors (Lipinski definition) is 2. The lowest BCUT2D eigenvalue weighted by Gasteiger charge is -2.16. The number of nitro groups is 1. The van der Waals surface area contributed by atoms with Gasteiger partial charge in [-0.1, -0.05) is 0 Å². The van der Waals surface area contributed by atoms with E-state index < -0.39 is 22.7 Å². The maximum Gasteiger partial charge on any atom is 0.308 e. The molecule has 1 aliphatic heterocycles. The Morgan fingerprint density at radius 2 is 2.00 bits per heavy atom. The van der Waals surface area contributed by atoms with Crippen molar-refractivity contribution in [2.24, 2.45) is 23.5 Å². The van der Waals surface area contributed by atoms with E-state index in [9.17, 15) is 29.6 Å². The van der Waals surface area contributed by atoms with Crippen LogP contribution >= 0.6 is 11.8 Å². The minimum Gasteiger partial charge on any atom is -0.481 e. The third-order valence-corrected chi connectivity index (χ3v) is 6.10. The number of primary amides is 1. The predicted octanol–water partition coefficient (Wildman–Crippen LogP) is 1.35. The van der Waals surface area contributed by atoms with Crippen LogP contribution < -0.4 is 5.73 Å². The molecule has 1 heterocycles. The quantitative estimate of drug-likeness (QED) is 0.404. The van der Waals surface area contributed by atoms with Crippen LogP contribution in [0.3, 0.4) is 0 Å². The van der Waals surface area contributed by atoms with Gasteiger partial charge in [0.15, 0.2) is 0 Å². The predicted molar refractivity (Wildman–Crippen MR) is 96.3 cm³/mol. The number of nitrogens with two attached hydrogens (primary N) is 1. The number of carbonyl (C=O) groups excluding carboxylic acids is 2. The SMILES string of the molecule is NC(=O)c1ccc(SCC(=O)N2C[C@H](C(=O)O)[C@@H](C3CC3)C2)c([N+](=O)[O-])c1. The molecule has 1 aromatic rings. The Labute approximate surface area is 159 Å². The first-order valence-electron chi connectivity index (χ1n) is 8.49. The van der Waals surface area contributed by atoms with Gasteiger partial charge in [0.1, 0.15) is 0 Å². The molecule has 2 atom stereocenters. The molecule has 144 valence electrons. The summed E-state index contributed by atoms with van der Waals surface area (Å²) in [6, 6.07) is 3.86. The van der Waals surface area contributed by atoms with Gasteiger partial charge in [0.2, 0.25) is 11.8 Å². The van der Waals surface area contributed by atoms with Crippen molar-refractivity contribution in [2.75, 3.05) is 18.8 Å². The monoisotopic (exact) mass is 393 g/mol. The third kappa shape index (κ3) is 4.21. The summed E-state index contributed by atoms with van der Waals surface area (Å²) < 4.78 is 0. The summed E-state index contributed by atoms with van der Waals surface area (Å²) >= 11 is 0.993. The van der Waals surface area contributed by atoms with Gasteiger partial charge in [0.25, 0.3) is 5.69 Å². The smallest absolute Gasteiger partial charge is 0.308 e. The fourth-order valence-electron chi connectivity index (χ4n) is 3.46. The largest absolute Gasteiger partial charge is 0.481 e. The highest BCUT2D eigenvalue weighted by Crippen LogP contribution is 2.44. The van der Waals surface area contributed by atoms with Gasteiger partial charge in [-0.2, -0.15) is 0 Å². The average Bonchev–Trinajstić information content (AvgIpc) is 3.37. The standard InChI is InChI=1S/C17H19N3O6S/c18-16(22)10-3-4-14(13(5-10)20(25)26)27-8-15(21)19-6-11(9-1-2-9)12(7-19)17(23)24/h3-5,9,11-12H,1-2,6-8H2,(H2,18,22)(H,23,24)/t11-,12+/m1/s1. The first-order chi connectivity index (χ1) is 12.8. The van der Waals surface area contributed by atoms with Crippen molar-refractivity contribution in [1.82, 2.24) is 4.90 Å². The molecule has 0 bridgehead atoms. The topological polar surface area (TPSA) is 144 Å². The van der Waals surface area contributed by atoms with E-state index in [4.69, 9.17) is 5.73 Å². The van der Waals surface area contributed by atoms with Crippen LogP contribution in [0.25, 0.3) is 0 Å². The van der Waals surface area contributed by atoms with E-state index in [1.807, 2.05) is 0 Å². The highest BCUT2D eigenvalue weighted by molar-refractivity contribution is 8.00. The zero-order valence-corrected chi connectivity index (χ0v) is 15.2. The summed E-state index contributed by atoms with van der Waals surface area (Å²) in [5.41, 5.74) is 4.88. The van der Waals surface area contributed by atoms with Crippen molar-refractivity contribution >= 4 is 35.2 Å². The zero-order valence-electron chi connectivity index (χ0n) is 14.4. The van der Waals surface area contributed by atoms with Crippen LogP contribution in [-0.2, 0) is 9.59 Å². The molecule has 0 spiro atoms. The van der Waals surface area contributed by atoms with Gasteiger partial charge in [-0.05, 0) is 36.8 Å². The van der Waals surface area contributed by atoms with Crippen LogP contribution in [0, 0.1) is 27.9 Å². The maximum atomic E-state index is 12.5. The Morgan fingerprint density at radius 3 is 2.56 bits per heavy atom. The first kappa shape index (κ1) is 19.2. The minimum atomic E-state index is -0.882. The molecule has 10 heteroatoms. The first-order valence-corrected chi connectivity index (χ1v) is 9.48. The van der Waals surface area contributed by atoms with Crippen molar-refractivity contribution in [3.05, 3.63) is 33.9 Å². The second-order valence-corrected chi connectivity index (χ2v) is 7.85. The Balaban J connectivity index is 1.66. The number of carboxylic acids is 1. The lowest BCUT2D eigenvalue weighted by atomic mass is 9.92. The molecule has 27 heavy (non-hydrogen) atoms. The molecule has 1 saturated carbocycles. The fraction of sp³-hybridized carbons (Fsp3) is 0.471. The van der Waals surface area contributed by atoms with Crippen LogP contribution in [0.2, 0.25) is 0 Å². The molecule has 3 N–H and O–H groups in total. The van der Waals surface area contributed by atoms with Crippen molar-refractivity contribution in [2.45, 2.75) is 17.7 Å². The number of nitrogens with zero attached hydrogens (tertiary/aromatic N) is 2. The van der Waals surface area contributed by atoms with Gasteiger partial charge in [-0.25, -0.2) is 0 Å². The van der Waals surface area contributed by atoms with E-state index in [0.717, 1.165) is 30.7 Å². The summed E-state index contributed by atoms with van der Waals surface area (Å²) in [7, 11) is 0. The molecule has 1 aliphatic carbocycles. The molecule has 2 fully saturated rings. The van der Waals surface area contributed by atoms with Crippen LogP contribution in [0.5, 0.6) is 0 Å². The molecule has 0 unspecified atom stereocenters. The number of amides is 2. The number of likely N-dealkylation sites (tertiary alicyclic amines) is 1. The van der Waals surface area contributed by atoms with Gasteiger partial charge in [0, 0.05) is 24.7 Å². The van der Waals surface area contributed by atoms with Gasteiger partial charge < -0.3 is 15.7 Å². The molecule has 9 nitrogen and oxygen atoms in total. The lowest BCUT2D eigenvalue weighted by molar-refractivity contribution is -0.387. The van der Waals surface area contributed by atoms with Gasteiger partial charge >= 0.3 is 5.97 Å². The van der Waals surface area contributed by atoms with Gasteiger partial charge in [-0.15, -0.1) is 11.8 Å². The second-order valence-electron chi connectivity index (χ2n) is 6.84. The minimum absolute atomic E-state index is 0.0133. The van der Waals surface area contributed by atoms with Crippen LogP contribution in [0.15, 0.2) is 23.1 Å². The van der Waals surface area contributed by atoms with E-state index >= 15 is 0 Å². The van der Waals surface area contributed by atoms with E-state index in [0.29, 0.717) is 12.5 Å². The average molecular weight is 393 g/mol. The maximum absolute atomic E-state index is 12.5. The summed E-state index contributed by atoms with van der Waals surface area (Å²) in [6.07, 6.45) is 2.01. The number of carboxylic acid groups (broad SMARTS) is 1. The van der Waals surface area contributed by atoms with E-state index in [1.54, 1.807) is 4.90 Å². The van der Waals surface area contributed by atoms with Gasteiger partial charge in [0.05, 0.1) is 21.5 Å². The lowest BCUT2D eigenvalue weighted by Crippen LogP contribution is -2.31. The summed E-state index contributed by atoms with van der Waals surface area (Å²) in [4.78, 5) is 47.5. The van der Waals surface area contributed by atoms with Crippen molar-refractivity contribution in [1.29, 1.82) is 0 Å². The molecule has 2 amide bonds. The zero-order chi connectivity index (χ0) is 19.7. The highest BCUT2D eigenvalue weighted by atomic mass is 32.2. The molecule has 1 aromatic carbocycles. The van der Waals surface area contributed by atoms with E-state index in [2.05, 4.69) is 0 Å². The van der Waals surface area contributed by atoms with Crippen LogP contribution in [0.4, 0.5) is 5.69 Å². The Kier molecular flexibility index (Phi) is 5.36. The van der Waals surface area contributed by atoms with Crippen molar-refractivity contribution in [3.63, 3.8) is 0 Å². The van der Waals surface area contributed by atoms with E-state index in [-0.39, 0.29) is 40.3 Å². The molecule has 0 aromatic heterocycles. The molecule has 1 saturated heterocycles. The highest BCUT2D eigenvalue weighted by Gasteiger charge is 2.46. The number of thioether (sulfide) groups is 1. The van der Waals surface area contributed by atoms with E-state index in [1.165, 1.54) is 12.1 Å². The summed E-state index contributed by atoms with van der Waals surface area (Å²) in [6.45, 7) is 0.600. The number of rotatable bonds is 7. The number of aliphatic carboxylic acids is 1. The number of benzene rings is 1. The molecular formula is C17H19N3O6S. The Bertz CT molecular complexity index is 810. The second kappa shape index (κ2) is 7.55. The fourth-order valence-corrected chi connectivity index (χ4v) is 4.37. The summed E-state index contributed by atoms with van der Waals surface area (Å²) in [5.74, 6) is -2.13. The van der Waals surface area contributed by atoms with Gasteiger partial charge in [-0.3, -0.25) is 24.5 Å². The Hall–Kier alpha value is -2.62. The van der Waals surface area contributed by atoms with Crippen LogP contribution in [-0.4, -0.2) is 51.6 Å². The number of nitro benzene ring substituents is 1. The van der Waals surface area contributed by atoms with Crippen molar-refractivity contribution < 1.29 is 24.4 Å². The third-order valence-electron chi connectivity index (χ3n) is 5.05. The molecule has 3 rings (SSSR count). The number of carbonyl (C=O) groups is 3. The molecular weight excluding hydrogens is 374 g/mol. The van der Waals surface area contributed by atoms with Crippen molar-refractivity contribution in [3.8, 4) is 0 Å². The molecule has 0 radical (unpaired) electrons. The van der Waals surface area contributed by atoms with Crippen LogP contribution in [0.1, 0.15) is 23.2 Å². The summed E-state index contributed by atoms with van der Waals surface area (Å²) in [5, 5.41) is 20.6.